The second-order valence-corrected chi connectivity index (χ2v) is 19.7. The second-order valence-electron chi connectivity index (χ2n) is 19.7. The van der Waals surface area contributed by atoms with Crippen LogP contribution in [0.3, 0.4) is 0 Å². The summed E-state index contributed by atoms with van der Waals surface area (Å²) >= 11 is 0. The molecule has 0 aromatic heterocycles. The SMILES string of the molecule is C[C@@H]1CC[C@@H]2C[C@H]1C2(C)C.C[C@@H]1CC[C@H]2C[C@@H]1C2(C)C.C[C@H]1CC[C@@H]2C[C@H]1C2(C)C.C[C@H]1CC[C@H]2C[C@@H]1C2(C)C. The third kappa shape index (κ3) is 5.20. The summed E-state index contributed by atoms with van der Waals surface area (Å²) in [6.45, 7) is 29.4. The van der Waals surface area contributed by atoms with E-state index >= 15 is 0 Å². The molecule has 0 heterocycles. The van der Waals surface area contributed by atoms with Gasteiger partial charge in [-0.15, -0.1) is 0 Å². The number of hydrogen-bond donors (Lipinski definition) is 0. The molecule has 0 spiro atoms. The molecular formula is C40H72. The second kappa shape index (κ2) is 10.9. The maximum Gasteiger partial charge on any atom is -0.0295 e. The third-order valence-corrected chi connectivity index (χ3v) is 16.8. The Morgan fingerprint density at radius 2 is 0.475 bits per heavy atom. The van der Waals surface area contributed by atoms with Crippen molar-refractivity contribution >= 4 is 0 Å². The van der Waals surface area contributed by atoms with Crippen molar-refractivity contribution in [1.29, 1.82) is 0 Å². The van der Waals surface area contributed by atoms with E-state index in [0.717, 1.165) is 71.0 Å². The van der Waals surface area contributed by atoms with Crippen molar-refractivity contribution in [2.24, 2.45) is 92.7 Å². The quantitative estimate of drug-likeness (QED) is 0.280. The predicted molar refractivity (Wildman–Crippen MR) is 175 cm³/mol. The lowest BCUT2D eigenvalue weighted by Gasteiger charge is -2.59. The topological polar surface area (TPSA) is 0 Å². The molecule has 0 aromatic carbocycles. The number of rotatable bonds is 0. The Morgan fingerprint density at radius 1 is 0.300 bits per heavy atom. The molecule has 0 aromatic rings. The van der Waals surface area contributed by atoms with Crippen LogP contribution >= 0.6 is 0 Å². The molecule has 0 nitrogen and oxygen atoms in total. The van der Waals surface area contributed by atoms with Crippen molar-refractivity contribution in [3.8, 4) is 0 Å². The third-order valence-electron chi connectivity index (χ3n) is 16.8. The monoisotopic (exact) mass is 553 g/mol. The van der Waals surface area contributed by atoms with Crippen LogP contribution in [0.4, 0.5) is 0 Å². The van der Waals surface area contributed by atoms with Crippen LogP contribution in [0.5, 0.6) is 0 Å². The van der Waals surface area contributed by atoms with Crippen molar-refractivity contribution in [3.05, 3.63) is 0 Å². The minimum atomic E-state index is 0.706. The van der Waals surface area contributed by atoms with Crippen LogP contribution < -0.4 is 0 Å². The standard InChI is InChI=1S/4C10H18/c4*1-7-4-5-8-6-9(7)10(8,2)3/h4*7-9H,4-6H2,1-3H3/t2*7-,8+,9+;2*7-,8-,9-/m1010/s1. The highest BCUT2D eigenvalue weighted by molar-refractivity contribution is 5.04. The summed E-state index contributed by atoms with van der Waals surface area (Å²) in [4.78, 5) is 0. The molecular weight excluding hydrogens is 480 g/mol. The average molecular weight is 553 g/mol. The van der Waals surface area contributed by atoms with Crippen LogP contribution in [0.25, 0.3) is 0 Å². The van der Waals surface area contributed by atoms with Crippen LogP contribution in [0.15, 0.2) is 0 Å². The fourth-order valence-electron chi connectivity index (χ4n) is 12.7. The fourth-order valence-corrected chi connectivity index (χ4v) is 12.7. The summed E-state index contributed by atoms with van der Waals surface area (Å²) < 4.78 is 0. The molecule has 0 unspecified atom stereocenters. The van der Waals surface area contributed by atoms with Crippen molar-refractivity contribution in [2.75, 3.05) is 0 Å². The van der Waals surface area contributed by atoms with Crippen LogP contribution in [0, 0.1) is 92.7 Å². The van der Waals surface area contributed by atoms with E-state index < -0.39 is 0 Å². The molecule has 0 radical (unpaired) electrons. The maximum atomic E-state index is 2.46. The normalized spacial score (nSPS) is 50.1. The number of hydrogen-bond acceptors (Lipinski definition) is 0. The van der Waals surface area contributed by atoms with Gasteiger partial charge in [0.15, 0.2) is 0 Å². The smallest absolute Gasteiger partial charge is 0.0295 e. The van der Waals surface area contributed by atoms with Crippen molar-refractivity contribution in [2.45, 2.75) is 160 Å². The molecule has 12 saturated carbocycles. The van der Waals surface area contributed by atoms with Crippen molar-refractivity contribution in [1.82, 2.24) is 0 Å². The van der Waals surface area contributed by atoms with Gasteiger partial charge in [0.05, 0.1) is 0 Å². The molecule has 0 saturated heterocycles. The van der Waals surface area contributed by atoms with Crippen molar-refractivity contribution in [3.63, 3.8) is 0 Å². The van der Waals surface area contributed by atoms with Gasteiger partial charge < -0.3 is 0 Å². The summed E-state index contributed by atoms with van der Waals surface area (Å²) in [5, 5.41) is 0. The Kier molecular flexibility index (Phi) is 8.53. The first kappa shape index (κ1) is 31.4. The largest absolute Gasteiger partial charge is 0.0622 e. The van der Waals surface area contributed by atoms with Gasteiger partial charge in [-0.1, -0.05) is 109 Å². The molecule has 0 N–H and O–H groups in total. The van der Waals surface area contributed by atoms with Gasteiger partial charge in [-0.3, -0.25) is 0 Å². The first-order valence-corrected chi connectivity index (χ1v) is 18.5. The van der Waals surface area contributed by atoms with E-state index in [4.69, 9.17) is 0 Å². The van der Waals surface area contributed by atoms with E-state index in [-0.39, 0.29) is 0 Å². The van der Waals surface area contributed by atoms with E-state index in [1.54, 1.807) is 0 Å². The average Bonchev–Trinajstić information content (AvgIpc) is 2.89. The summed E-state index contributed by atoms with van der Waals surface area (Å²) in [6.07, 6.45) is 18.2. The van der Waals surface area contributed by atoms with E-state index in [1.807, 2.05) is 0 Å². The fraction of sp³-hybridized carbons (Fsp3) is 1.00. The lowest BCUT2D eigenvalue weighted by atomic mass is 9.46. The molecule has 8 bridgehead atoms. The lowest BCUT2D eigenvalue weighted by molar-refractivity contribution is -0.0988. The lowest BCUT2D eigenvalue weighted by Crippen LogP contribution is -2.51. The van der Waals surface area contributed by atoms with Gasteiger partial charge in [0.2, 0.25) is 0 Å². The molecule has 12 aliphatic carbocycles. The van der Waals surface area contributed by atoms with E-state index in [2.05, 4.69) is 83.1 Å². The molecule has 40 heavy (non-hydrogen) atoms. The predicted octanol–water partition coefficient (Wildman–Crippen LogP) is 12.3. The highest BCUT2D eigenvalue weighted by Gasteiger charge is 2.55. The maximum absolute atomic E-state index is 2.46. The Morgan fingerprint density at radius 3 is 0.550 bits per heavy atom. The van der Waals surface area contributed by atoms with Crippen LogP contribution in [0.2, 0.25) is 0 Å². The Labute approximate surface area is 252 Å². The molecule has 0 heteroatoms. The first-order chi connectivity index (χ1) is 18.5. The molecule has 0 aliphatic heterocycles. The van der Waals surface area contributed by atoms with Crippen LogP contribution in [-0.2, 0) is 0 Å². The molecule has 12 aliphatic rings. The first-order valence-electron chi connectivity index (χ1n) is 18.5. The summed E-state index contributed by atoms with van der Waals surface area (Å²) in [6, 6.07) is 0. The minimum Gasteiger partial charge on any atom is -0.0622 e. The van der Waals surface area contributed by atoms with Crippen molar-refractivity contribution < 1.29 is 0 Å². The van der Waals surface area contributed by atoms with Crippen LogP contribution in [0.1, 0.15) is 160 Å². The number of fused-ring (bicyclic) bond motifs is 8. The summed E-state index contributed by atoms with van der Waals surface area (Å²) in [5.41, 5.74) is 2.82. The van der Waals surface area contributed by atoms with Gasteiger partial charge in [-0.2, -0.15) is 0 Å². The molecule has 12 rings (SSSR count). The summed E-state index contributed by atoms with van der Waals surface area (Å²) in [7, 11) is 0. The van der Waals surface area contributed by atoms with E-state index in [1.165, 1.54) is 77.0 Å². The Hall–Kier alpha value is 0. The molecule has 12 atom stereocenters. The minimum absolute atomic E-state index is 0.706. The van der Waals surface area contributed by atoms with Gasteiger partial charge in [0.25, 0.3) is 0 Å². The van der Waals surface area contributed by atoms with Crippen LogP contribution in [-0.4, -0.2) is 0 Å². The zero-order valence-electron chi connectivity index (χ0n) is 29.4. The highest BCUT2D eigenvalue weighted by Crippen LogP contribution is 2.63. The van der Waals surface area contributed by atoms with E-state index in [0.29, 0.717) is 21.7 Å². The zero-order chi connectivity index (χ0) is 29.4. The highest BCUT2D eigenvalue weighted by atomic mass is 14.6. The summed E-state index contributed by atoms with van der Waals surface area (Å²) in [5.74, 6) is 12.6. The van der Waals surface area contributed by atoms with E-state index in [9.17, 15) is 0 Å². The van der Waals surface area contributed by atoms with Gasteiger partial charge in [-0.05, 0) is 144 Å². The molecule has 12 fully saturated rings. The molecule has 0 amide bonds. The van der Waals surface area contributed by atoms with Gasteiger partial charge >= 0.3 is 0 Å². The van der Waals surface area contributed by atoms with Gasteiger partial charge in [-0.25, -0.2) is 0 Å². The Balaban J connectivity index is 0.000000108. The van der Waals surface area contributed by atoms with Gasteiger partial charge in [0, 0.05) is 0 Å². The zero-order valence-corrected chi connectivity index (χ0v) is 29.4. The van der Waals surface area contributed by atoms with Gasteiger partial charge in [0.1, 0.15) is 0 Å². The molecule has 232 valence electrons. The Bertz CT molecular complexity index is 720.